The van der Waals surface area contributed by atoms with Crippen LogP contribution in [0.3, 0.4) is 0 Å². The molecule has 0 radical (unpaired) electrons. The highest BCUT2D eigenvalue weighted by molar-refractivity contribution is 6.29. The summed E-state index contributed by atoms with van der Waals surface area (Å²) in [6.45, 7) is 3.32. The molecule has 21 heavy (non-hydrogen) atoms. The number of nitrogens with zero attached hydrogens (tertiary/aromatic N) is 6. The summed E-state index contributed by atoms with van der Waals surface area (Å²) in [6.07, 6.45) is 5.33. The highest BCUT2D eigenvalue weighted by Gasteiger charge is 2.35. The molecule has 0 aliphatic carbocycles. The second-order valence-corrected chi connectivity index (χ2v) is 6.48. The number of piperidine rings is 2. The Kier molecular flexibility index (Phi) is 3.23. The number of halogens is 1. The van der Waals surface area contributed by atoms with E-state index in [0.29, 0.717) is 10.9 Å². The molecule has 2 atom stereocenters. The Morgan fingerprint density at radius 1 is 1.29 bits per heavy atom. The molecule has 4 rings (SSSR count). The van der Waals surface area contributed by atoms with Gasteiger partial charge in [-0.1, -0.05) is 11.6 Å². The molecule has 112 valence electrons. The van der Waals surface area contributed by atoms with Crippen LogP contribution in [0.1, 0.15) is 19.3 Å². The van der Waals surface area contributed by atoms with Crippen LogP contribution < -0.4 is 4.90 Å². The molecule has 2 aromatic heterocycles. The zero-order chi connectivity index (χ0) is 14.4. The van der Waals surface area contributed by atoms with Gasteiger partial charge < -0.3 is 9.80 Å². The van der Waals surface area contributed by atoms with Crippen LogP contribution in [-0.2, 0) is 0 Å². The molecule has 6 nitrogen and oxygen atoms in total. The first-order valence-corrected chi connectivity index (χ1v) is 7.91. The van der Waals surface area contributed by atoms with Crippen LogP contribution in [0.25, 0.3) is 5.78 Å². The normalized spacial score (nSPS) is 27.0. The number of fused-ring (bicyclic) bond motifs is 2. The van der Waals surface area contributed by atoms with Gasteiger partial charge in [-0.15, -0.1) is 0 Å². The van der Waals surface area contributed by atoms with Gasteiger partial charge in [0.25, 0.3) is 5.78 Å². The molecule has 2 aliphatic rings. The summed E-state index contributed by atoms with van der Waals surface area (Å²) in [7, 11) is 2.26. The summed E-state index contributed by atoms with van der Waals surface area (Å²) in [5, 5.41) is 4.77. The second-order valence-electron chi connectivity index (χ2n) is 6.09. The van der Waals surface area contributed by atoms with Crippen molar-refractivity contribution in [3.8, 4) is 0 Å². The Hall–Kier alpha value is -1.40. The Labute approximate surface area is 128 Å². The van der Waals surface area contributed by atoms with Gasteiger partial charge in [-0.2, -0.15) is 19.6 Å². The van der Waals surface area contributed by atoms with Gasteiger partial charge in [0.15, 0.2) is 0 Å². The Bertz CT molecular complexity index is 656. The fraction of sp³-hybridized carbons (Fsp3) is 0.643. The molecule has 7 heteroatoms. The molecule has 0 spiro atoms. The van der Waals surface area contributed by atoms with E-state index in [4.69, 9.17) is 11.6 Å². The minimum Gasteiger partial charge on any atom is -0.356 e. The van der Waals surface area contributed by atoms with E-state index < -0.39 is 0 Å². The number of hydrogen-bond donors (Lipinski definition) is 0. The van der Waals surface area contributed by atoms with Crippen LogP contribution in [0, 0.1) is 5.92 Å². The van der Waals surface area contributed by atoms with Gasteiger partial charge in [0.1, 0.15) is 17.3 Å². The molecule has 0 aromatic carbocycles. The van der Waals surface area contributed by atoms with Crippen LogP contribution >= 0.6 is 11.6 Å². The van der Waals surface area contributed by atoms with E-state index in [1.165, 1.54) is 32.1 Å². The molecule has 2 unspecified atom stereocenters. The Balaban J connectivity index is 1.66. The summed E-state index contributed by atoms with van der Waals surface area (Å²) < 4.78 is 1.79. The molecule has 2 saturated heterocycles. The van der Waals surface area contributed by atoms with E-state index in [0.717, 1.165) is 30.9 Å². The minimum absolute atomic E-state index is 0.480. The van der Waals surface area contributed by atoms with Crippen LogP contribution in [0.5, 0.6) is 0 Å². The van der Waals surface area contributed by atoms with Gasteiger partial charge in [-0.3, -0.25) is 0 Å². The standard InChI is InChI=1S/C14H19ClN6/c1-19-5-2-3-10-8-20(6-4-11(10)19)13-7-12(15)18-14-16-9-17-21(13)14/h7,9-11H,2-6,8H2,1H3. The van der Waals surface area contributed by atoms with Crippen molar-refractivity contribution >= 4 is 23.2 Å². The lowest BCUT2D eigenvalue weighted by Crippen LogP contribution is -2.53. The van der Waals surface area contributed by atoms with Gasteiger partial charge in [0.2, 0.25) is 0 Å². The summed E-state index contributed by atoms with van der Waals surface area (Å²) in [5.41, 5.74) is 0. The average molecular weight is 307 g/mol. The predicted molar refractivity (Wildman–Crippen MR) is 81.8 cm³/mol. The van der Waals surface area contributed by atoms with Crippen LogP contribution in [0.4, 0.5) is 5.82 Å². The van der Waals surface area contributed by atoms with Gasteiger partial charge in [-0.05, 0) is 38.8 Å². The number of anilines is 1. The molecule has 0 N–H and O–H groups in total. The lowest BCUT2D eigenvalue weighted by atomic mass is 9.84. The fourth-order valence-electron chi connectivity index (χ4n) is 3.85. The summed E-state index contributed by atoms with van der Waals surface area (Å²) in [6, 6.07) is 2.62. The molecule has 0 saturated carbocycles. The molecular weight excluding hydrogens is 288 g/mol. The fourth-order valence-corrected chi connectivity index (χ4v) is 4.03. The SMILES string of the molecule is CN1CCCC2CN(c3cc(Cl)nc4ncnn34)CCC21. The van der Waals surface area contributed by atoms with E-state index in [9.17, 15) is 0 Å². The van der Waals surface area contributed by atoms with Crippen molar-refractivity contribution in [2.75, 3.05) is 31.6 Å². The Morgan fingerprint density at radius 3 is 3.10 bits per heavy atom. The molecule has 2 aliphatic heterocycles. The van der Waals surface area contributed by atoms with Gasteiger partial charge in [0.05, 0.1) is 0 Å². The van der Waals surface area contributed by atoms with Crippen LogP contribution in [0.2, 0.25) is 5.15 Å². The average Bonchev–Trinajstić information content (AvgIpc) is 2.94. The number of hydrogen-bond acceptors (Lipinski definition) is 5. The van der Waals surface area contributed by atoms with Crippen molar-refractivity contribution in [1.82, 2.24) is 24.5 Å². The summed E-state index contributed by atoms with van der Waals surface area (Å²) >= 11 is 6.13. The highest BCUT2D eigenvalue weighted by atomic mass is 35.5. The number of aromatic nitrogens is 4. The largest absolute Gasteiger partial charge is 0.356 e. The van der Waals surface area contributed by atoms with Crippen molar-refractivity contribution in [2.45, 2.75) is 25.3 Å². The van der Waals surface area contributed by atoms with E-state index in [-0.39, 0.29) is 0 Å². The first-order valence-electron chi connectivity index (χ1n) is 7.54. The van der Waals surface area contributed by atoms with Gasteiger partial charge >= 0.3 is 0 Å². The molecular formula is C14H19ClN6. The third-order valence-corrected chi connectivity index (χ3v) is 5.07. The number of rotatable bonds is 1. The number of likely N-dealkylation sites (tertiary alicyclic amines) is 1. The predicted octanol–water partition coefficient (Wildman–Crippen LogP) is 1.70. The maximum absolute atomic E-state index is 6.13. The lowest BCUT2D eigenvalue weighted by Gasteiger charge is -2.46. The van der Waals surface area contributed by atoms with Crippen molar-refractivity contribution in [2.24, 2.45) is 5.92 Å². The minimum atomic E-state index is 0.480. The maximum atomic E-state index is 6.13. The zero-order valence-electron chi connectivity index (χ0n) is 12.1. The van der Waals surface area contributed by atoms with E-state index >= 15 is 0 Å². The second kappa shape index (κ2) is 5.10. The first-order chi connectivity index (χ1) is 10.2. The monoisotopic (exact) mass is 306 g/mol. The smallest absolute Gasteiger partial charge is 0.255 e. The zero-order valence-corrected chi connectivity index (χ0v) is 12.9. The summed E-state index contributed by atoms with van der Waals surface area (Å²) in [4.78, 5) is 13.3. The Morgan fingerprint density at radius 2 is 2.19 bits per heavy atom. The summed E-state index contributed by atoms with van der Waals surface area (Å²) in [5.74, 6) is 2.30. The highest BCUT2D eigenvalue weighted by Crippen LogP contribution is 2.32. The first kappa shape index (κ1) is 13.3. The third kappa shape index (κ3) is 2.26. The topological polar surface area (TPSA) is 49.6 Å². The molecule has 0 bridgehead atoms. The van der Waals surface area contributed by atoms with Gasteiger partial charge in [-0.25, -0.2) is 0 Å². The van der Waals surface area contributed by atoms with Crippen LogP contribution in [0.15, 0.2) is 12.4 Å². The van der Waals surface area contributed by atoms with Crippen molar-refractivity contribution in [3.63, 3.8) is 0 Å². The van der Waals surface area contributed by atoms with Gasteiger partial charge in [0, 0.05) is 25.2 Å². The van der Waals surface area contributed by atoms with Crippen molar-refractivity contribution in [1.29, 1.82) is 0 Å². The molecule has 2 aromatic rings. The quantitative estimate of drug-likeness (QED) is 0.751. The van der Waals surface area contributed by atoms with E-state index in [2.05, 4.69) is 31.9 Å². The lowest BCUT2D eigenvalue weighted by molar-refractivity contribution is 0.102. The van der Waals surface area contributed by atoms with E-state index in [1.54, 1.807) is 4.52 Å². The van der Waals surface area contributed by atoms with Crippen LogP contribution in [-0.4, -0.2) is 57.2 Å². The van der Waals surface area contributed by atoms with Crippen molar-refractivity contribution < 1.29 is 0 Å². The maximum Gasteiger partial charge on any atom is 0.255 e. The van der Waals surface area contributed by atoms with E-state index in [1.807, 2.05) is 6.07 Å². The third-order valence-electron chi connectivity index (χ3n) is 4.87. The van der Waals surface area contributed by atoms with Crippen molar-refractivity contribution in [3.05, 3.63) is 17.5 Å². The molecule has 2 fully saturated rings. The molecule has 4 heterocycles. The molecule has 0 amide bonds.